The van der Waals surface area contributed by atoms with Crippen LogP contribution in [-0.2, 0) is 9.53 Å². The van der Waals surface area contributed by atoms with E-state index in [9.17, 15) is 4.79 Å². The summed E-state index contributed by atoms with van der Waals surface area (Å²) in [7, 11) is 1.72. The van der Waals surface area contributed by atoms with Gasteiger partial charge in [-0.1, -0.05) is 12.1 Å². The fraction of sp³-hybridized carbons (Fsp3) is 0.650. The van der Waals surface area contributed by atoms with Crippen molar-refractivity contribution in [2.75, 3.05) is 57.9 Å². The average molecular weight is 345 g/mol. The number of amides is 1. The summed E-state index contributed by atoms with van der Waals surface area (Å²) in [6, 6.07) is 9.00. The number of ether oxygens (including phenoxy) is 1. The lowest BCUT2D eigenvalue weighted by atomic mass is 10.2. The van der Waals surface area contributed by atoms with Crippen molar-refractivity contribution in [2.45, 2.75) is 32.2 Å². The highest BCUT2D eigenvalue weighted by Gasteiger charge is 2.28. The number of carbonyl (C=O) groups is 1. The summed E-state index contributed by atoms with van der Waals surface area (Å²) in [6.45, 7) is 8.71. The van der Waals surface area contributed by atoms with Gasteiger partial charge in [-0.05, 0) is 37.5 Å². The van der Waals surface area contributed by atoms with Gasteiger partial charge >= 0.3 is 0 Å². The first-order valence-electron chi connectivity index (χ1n) is 9.50. The minimum absolute atomic E-state index is 0.288. The van der Waals surface area contributed by atoms with Gasteiger partial charge in [-0.15, -0.1) is 0 Å². The molecule has 2 saturated heterocycles. The highest BCUT2D eigenvalue weighted by Crippen LogP contribution is 2.20. The van der Waals surface area contributed by atoms with Crippen molar-refractivity contribution in [1.82, 2.24) is 9.80 Å². The topological polar surface area (TPSA) is 36.0 Å². The normalized spacial score (nSPS) is 21.8. The van der Waals surface area contributed by atoms with Crippen molar-refractivity contribution >= 4 is 11.6 Å². The van der Waals surface area contributed by atoms with Crippen molar-refractivity contribution in [3.05, 3.63) is 29.8 Å². The van der Waals surface area contributed by atoms with Crippen molar-refractivity contribution in [3.8, 4) is 0 Å². The second-order valence-corrected chi connectivity index (χ2v) is 7.26. The van der Waals surface area contributed by atoms with E-state index in [0.717, 1.165) is 52.1 Å². The summed E-state index contributed by atoms with van der Waals surface area (Å²) in [5.74, 6) is 0.292. The minimum atomic E-state index is 0.288. The number of piperazine rings is 1. The van der Waals surface area contributed by atoms with Crippen LogP contribution in [0.3, 0.4) is 0 Å². The van der Waals surface area contributed by atoms with Crippen molar-refractivity contribution in [1.29, 1.82) is 0 Å². The summed E-state index contributed by atoms with van der Waals surface area (Å²) in [5, 5.41) is 0. The predicted molar refractivity (Wildman–Crippen MR) is 101 cm³/mol. The lowest BCUT2D eigenvalue weighted by Gasteiger charge is -2.36. The summed E-state index contributed by atoms with van der Waals surface area (Å²) in [4.78, 5) is 19.4. The molecule has 0 unspecified atom stereocenters. The Hall–Kier alpha value is -1.59. The molecule has 0 aliphatic carbocycles. The van der Waals surface area contributed by atoms with Gasteiger partial charge in [0, 0.05) is 58.5 Å². The molecule has 1 atom stereocenters. The van der Waals surface area contributed by atoms with Gasteiger partial charge < -0.3 is 14.5 Å². The first kappa shape index (κ1) is 18.2. The van der Waals surface area contributed by atoms with Crippen LogP contribution in [0.15, 0.2) is 24.3 Å². The van der Waals surface area contributed by atoms with Gasteiger partial charge in [0.1, 0.15) is 0 Å². The number of likely N-dealkylation sites (tertiary alicyclic amines) is 1. The zero-order valence-corrected chi connectivity index (χ0v) is 15.6. The molecule has 0 radical (unpaired) electrons. The molecule has 2 fully saturated rings. The molecule has 5 heteroatoms. The van der Waals surface area contributed by atoms with Gasteiger partial charge in [0.15, 0.2) is 0 Å². The van der Waals surface area contributed by atoms with Gasteiger partial charge in [-0.3, -0.25) is 9.69 Å². The number of benzene rings is 1. The van der Waals surface area contributed by atoms with Gasteiger partial charge in [0.05, 0.1) is 12.6 Å². The number of carbonyl (C=O) groups excluding carboxylic acids is 1. The van der Waals surface area contributed by atoms with E-state index in [2.05, 4.69) is 41.0 Å². The van der Waals surface area contributed by atoms with E-state index in [4.69, 9.17) is 4.74 Å². The predicted octanol–water partition coefficient (Wildman–Crippen LogP) is 2.14. The number of rotatable bonds is 6. The van der Waals surface area contributed by atoms with E-state index in [1.165, 1.54) is 11.3 Å². The maximum absolute atomic E-state index is 12.5. The van der Waals surface area contributed by atoms with E-state index in [0.29, 0.717) is 18.9 Å². The second kappa shape index (κ2) is 8.68. The number of methoxy groups -OCH3 is 1. The Morgan fingerprint density at radius 3 is 2.72 bits per heavy atom. The molecule has 2 aliphatic rings. The number of hydrogen-bond acceptors (Lipinski definition) is 4. The molecule has 0 aromatic heterocycles. The molecule has 2 aliphatic heterocycles. The van der Waals surface area contributed by atoms with Crippen LogP contribution in [0.5, 0.6) is 0 Å². The maximum atomic E-state index is 12.5. The van der Waals surface area contributed by atoms with E-state index in [-0.39, 0.29) is 6.04 Å². The SMILES string of the molecule is COC[C@@H]1CCCN1C(=O)CCN1CCN(c2cccc(C)c2)CC1. The molecule has 0 bridgehead atoms. The van der Waals surface area contributed by atoms with Crippen LogP contribution in [0.2, 0.25) is 0 Å². The van der Waals surface area contributed by atoms with Crippen LogP contribution in [0.25, 0.3) is 0 Å². The van der Waals surface area contributed by atoms with Crippen molar-refractivity contribution in [2.24, 2.45) is 0 Å². The van der Waals surface area contributed by atoms with Crippen LogP contribution in [0, 0.1) is 6.92 Å². The number of hydrogen-bond donors (Lipinski definition) is 0. The van der Waals surface area contributed by atoms with Crippen molar-refractivity contribution < 1.29 is 9.53 Å². The number of nitrogens with zero attached hydrogens (tertiary/aromatic N) is 3. The first-order valence-corrected chi connectivity index (χ1v) is 9.50. The Labute approximate surface area is 151 Å². The highest BCUT2D eigenvalue weighted by atomic mass is 16.5. The summed E-state index contributed by atoms with van der Waals surface area (Å²) < 4.78 is 5.25. The molecule has 1 aromatic rings. The standard InChI is InChI=1S/C20H31N3O2/c1-17-5-3-6-18(15-17)22-13-11-21(12-14-22)10-8-20(24)23-9-4-7-19(23)16-25-2/h3,5-6,15,19H,4,7-14,16H2,1-2H3/t19-/m0/s1. The quantitative estimate of drug-likeness (QED) is 0.791. The summed E-state index contributed by atoms with van der Waals surface area (Å²) in [5.41, 5.74) is 2.62. The molecule has 5 nitrogen and oxygen atoms in total. The number of aryl methyl sites for hydroxylation is 1. The third kappa shape index (κ3) is 4.73. The summed E-state index contributed by atoms with van der Waals surface area (Å²) >= 11 is 0. The molecular weight excluding hydrogens is 314 g/mol. The zero-order chi connectivity index (χ0) is 17.6. The van der Waals surface area contributed by atoms with E-state index >= 15 is 0 Å². The van der Waals surface area contributed by atoms with Gasteiger partial charge in [0.2, 0.25) is 5.91 Å². The Kier molecular flexibility index (Phi) is 6.32. The lowest BCUT2D eigenvalue weighted by molar-refractivity contribution is -0.133. The Morgan fingerprint density at radius 1 is 1.20 bits per heavy atom. The van der Waals surface area contributed by atoms with Crippen molar-refractivity contribution in [3.63, 3.8) is 0 Å². The highest BCUT2D eigenvalue weighted by molar-refractivity contribution is 5.77. The third-order valence-electron chi connectivity index (χ3n) is 5.44. The van der Waals surface area contributed by atoms with E-state index < -0.39 is 0 Å². The Bertz CT molecular complexity index is 570. The monoisotopic (exact) mass is 345 g/mol. The van der Waals surface area contributed by atoms with Crippen LogP contribution in [-0.4, -0.2) is 74.7 Å². The molecule has 2 heterocycles. The van der Waals surface area contributed by atoms with Crippen LogP contribution in [0.1, 0.15) is 24.8 Å². The first-order chi connectivity index (χ1) is 12.2. The largest absolute Gasteiger partial charge is 0.383 e. The van der Waals surface area contributed by atoms with Gasteiger partial charge in [-0.2, -0.15) is 0 Å². The Morgan fingerprint density at radius 2 is 2.00 bits per heavy atom. The molecule has 0 spiro atoms. The molecule has 25 heavy (non-hydrogen) atoms. The lowest BCUT2D eigenvalue weighted by Crippen LogP contribution is -2.47. The average Bonchev–Trinajstić information content (AvgIpc) is 3.09. The molecular formula is C20H31N3O2. The summed E-state index contributed by atoms with van der Waals surface area (Å²) in [6.07, 6.45) is 2.81. The maximum Gasteiger partial charge on any atom is 0.224 e. The molecule has 0 saturated carbocycles. The second-order valence-electron chi connectivity index (χ2n) is 7.26. The zero-order valence-electron chi connectivity index (χ0n) is 15.6. The van der Waals surface area contributed by atoms with Crippen LogP contribution < -0.4 is 4.90 Å². The van der Waals surface area contributed by atoms with E-state index in [1.54, 1.807) is 7.11 Å². The molecule has 3 rings (SSSR count). The van der Waals surface area contributed by atoms with Crippen LogP contribution >= 0.6 is 0 Å². The Balaban J connectivity index is 1.42. The molecule has 1 amide bonds. The third-order valence-corrected chi connectivity index (χ3v) is 5.44. The molecule has 0 N–H and O–H groups in total. The van der Waals surface area contributed by atoms with Gasteiger partial charge in [-0.25, -0.2) is 0 Å². The fourth-order valence-corrected chi connectivity index (χ4v) is 3.98. The molecule has 1 aromatic carbocycles. The van der Waals surface area contributed by atoms with Gasteiger partial charge in [0.25, 0.3) is 0 Å². The van der Waals surface area contributed by atoms with E-state index in [1.807, 2.05) is 4.90 Å². The van der Waals surface area contributed by atoms with Crippen LogP contribution in [0.4, 0.5) is 5.69 Å². The fourth-order valence-electron chi connectivity index (χ4n) is 3.98. The molecule has 138 valence electrons. The minimum Gasteiger partial charge on any atom is -0.383 e. The smallest absolute Gasteiger partial charge is 0.224 e. The number of anilines is 1.